The summed E-state index contributed by atoms with van der Waals surface area (Å²) in [4.78, 5) is 21.9. The minimum absolute atomic E-state index is 0.0678. The Morgan fingerprint density at radius 2 is 2.00 bits per heavy atom. The maximum absolute atomic E-state index is 11.8. The Kier molecular flexibility index (Phi) is 6.02. The highest BCUT2D eigenvalue weighted by Crippen LogP contribution is 2.28. The van der Waals surface area contributed by atoms with Gasteiger partial charge in [0.05, 0.1) is 15.1 Å². The largest absolute Gasteiger partial charge is 0.483 e. The number of nitro benzene ring substituents is 1. The zero-order valence-corrected chi connectivity index (χ0v) is 14.3. The number of non-ortho nitro benzene ring substituents is 1. The highest BCUT2D eigenvalue weighted by atomic mass is 79.9. The van der Waals surface area contributed by atoms with Crippen molar-refractivity contribution in [2.45, 2.75) is 6.92 Å². The number of nitrogens with zero attached hydrogens (tertiary/aromatic N) is 2. The van der Waals surface area contributed by atoms with E-state index in [2.05, 4.69) is 26.5 Å². The second-order valence-electron chi connectivity index (χ2n) is 4.76. The van der Waals surface area contributed by atoms with Crippen molar-refractivity contribution in [2.75, 3.05) is 6.61 Å². The van der Waals surface area contributed by atoms with E-state index in [0.717, 1.165) is 5.56 Å². The molecule has 0 aliphatic carbocycles. The Hall–Kier alpha value is -2.74. The van der Waals surface area contributed by atoms with Gasteiger partial charge in [-0.2, -0.15) is 5.10 Å². The molecule has 0 aliphatic heterocycles. The first-order valence-electron chi connectivity index (χ1n) is 6.92. The van der Waals surface area contributed by atoms with Crippen LogP contribution in [0, 0.1) is 10.1 Å². The average Bonchev–Trinajstić information content (AvgIpc) is 2.59. The standard InChI is InChI=1S/C16H14BrN3O4/c1-11(12-5-3-2-4-6-12)18-19-16(21)10-24-15-8-7-13(20(22)23)9-14(15)17/h2-9H,10H2,1H3,(H,19,21)/b18-11-. The molecule has 0 saturated heterocycles. The van der Waals surface area contributed by atoms with Gasteiger partial charge in [-0.15, -0.1) is 0 Å². The van der Waals surface area contributed by atoms with Crippen molar-refractivity contribution in [3.05, 3.63) is 68.7 Å². The Bertz CT molecular complexity index is 778. The van der Waals surface area contributed by atoms with Gasteiger partial charge in [0, 0.05) is 12.1 Å². The van der Waals surface area contributed by atoms with E-state index in [4.69, 9.17) is 4.74 Å². The van der Waals surface area contributed by atoms with E-state index < -0.39 is 10.8 Å². The van der Waals surface area contributed by atoms with Crippen molar-refractivity contribution in [2.24, 2.45) is 5.10 Å². The van der Waals surface area contributed by atoms with Gasteiger partial charge >= 0.3 is 0 Å². The lowest BCUT2D eigenvalue weighted by Crippen LogP contribution is -2.25. The second-order valence-corrected chi connectivity index (χ2v) is 5.61. The van der Waals surface area contributed by atoms with Gasteiger partial charge in [-0.05, 0) is 34.5 Å². The van der Waals surface area contributed by atoms with E-state index in [1.54, 1.807) is 6.92 Å². The predicted molar refractivity (Wildman–Crippen MR) is 93.1 cm³/mol. The minimum atomic E-state index is -0.512. The third-order valence-corrected chi connectivity index (χ3v) is 3.64. The van der Waals surface area contributed by atoms with E-state index in [-0.39, 0.29) is 12.3 Å². The number of rotatable bonds is 6. The summed E-state index contributed by atoms with van der Waals surface area (Å²) in [7, 11) is 0. The molecule has 0 aliphatic rings. The number of halogens is 1. The molecule has 0 aromatic heterocycles. The Labute approximate surface area is 146 Å². The van der Waals surface area contributed by atoms with E-state index in [1.807, 2.05) is 30.3 Å². The van der Waals surface area contributed by atoms with Crippen LogP contribution in [-0.2, 0) is 4.79 Å². The van der Waals surface area contributed by atoms with Gasteiger partial charge in [-0.3, -0.25) is 14.9 Å². The van der Waals surface area contributed by atoms with Gasteiger partial charge in [0.15, 0.2) is 6.61 Å². The van der Waals surface area contributed by atoms with Crippen molar-refractivity contribution in [1.29, 1.82) is 0 Å². The summed E-state index contributed by atoms with van der Waals surface area (Å²) < 4.78 is 5.72. The molecule has 7 nitrogen and oxygen atoms in total. The fourth-order valence-electron chi connectivity index (χ4n) is 1.79. The van der Waals surface area contributed by atoms with Crippen LogP contribution in [0.2, 0.25) is 0 Å². The topological polar surface area (TPSA) is 93.8 Å². The zero-order chi connectivity index (χ0) is 17.5. The molecule has 24 heavy (non-hydrogen) atoms. The number of ether oxygens (including phenoxy) is 1. The molecule has 0 atom stereocenters. The summed E-state index contributed by atoms with van der Waals surface area (Å²) in [5, 5.41) is 14.7. The van der Waals surface area contributed by atoms with Gasteiger partial charge in [0.2, 0.25) is 0 Å². The summed E-state index contributed by atoms with van der Waals surface area (Å²) in [6, 6.07) is 13.5. The average molecular weight is 392 g/mol. The number of benzene rings is 2. The van der Waals surface area contributed by atoms with Crippen LogP contribution in [0.15, 0.2) is 58.1 Å². The summed E-state index contributed by atoms with van der Waals surface area (Å²) in [5.74, 6) is -0.102. The van der Waals surface area contributed by atoms with Gasteiger partial charge in [-0.25, -0.2) is 5.43 Å². The molecule has 0 unspecified atom stereocenters. The molecular weight excluding hydrogens is 378 g/mol. The molecule has 8 heteroatoms. The summed E-state index contributed by atoms with van der Waals surface area (Å²) in [6.45, 7) is 1.52. The van der Waals surface area contributed by atoms with Crippen LogP contribution in [0.4, 0.5) is 5.69 Å². The monoisotopic (exact) mass is 391 g/mol. The molecule has 0 heterocycles. The van der Waals surface area contributed by atoms with Gasteiger partial charge in [0.25, 0.3) is 11.6 Å². The van der Waals surface area contributed by atoms with Crippen LogP contribution in [-0.4, -0.2) is 23.1 Å². The smallest absolute Gasteiger partial charge is 0.277 e. The first-order chi connectivity index (χ1) is 11.5. The molecule has 0 spiro atoms. The number of hydrogen-bond acceptors (Lipinski definition) is 5. The SMILES string of the molecule is C/C(=N/NC(=O)COc1ccc([N+](=O)[O-])cc1Br)c1ccccc1. The summed E-state index contributed by atoms with van der Waals surface area (Å²) in [5.41, 5.74) is 3.90. The number of carbonyl (C=O) groups excluding carboxylic acids is 1. The number of nitro groups is 1. The lowest BCUT2D eigenvalue weighted by atomic mass is 10.1. The zero-order valence-electron chi connectivity index (χ0n) is 12.7. The normalized spacial score (nSPS) is 11.0. The first-order valence-corrected chi connectivity index (χ1v) is 7.72. The van der Waals surface area contributed by atoms with Crippen molar-refractivity contribution in [1.82, 2.24) is 5.43 Å². The molecule has 1 N–H and O–H groups in total. The molecule has 124 valence electrons. The van der Waals surface area contributed by atoms with Crippen LogP contribution in [0.5, 0.6) is 5.75 Å². The van der Waals surface area contributed by atoms with Crippen molar-refractivity contribution < 1.29 is 14.5 Å². The van der Waals surface area contributed by atoms with Gasteiger partial charge < -0.3 is 4.74 Å². The van der Waals surface area contributed by atoms with Crippen molar-refractivity contribution in [3.63, 3.8) is 0 Å². The van der Waals surface area contributed by atoms with Crippen LogP contribution in [0.3, 0.4) is 0 Å². The molecule has 2 rings (SSSR count). The van der Waals surface area contributed by atoms with Crippen LogP contribution < -0.4 is 10.2 Å². The lowest BCUT2D eigenvalue weighted by Gasteiger charge is -2.07. The predicted octanol–water partition coefficient (Wildman–Crippen LogP) is 3.28. The maximum Gasteiger partial charge on any atom is 0.277 e. The quantitative estimate of drug-likeness (QED) is 0.464. The minimum Gasteiger partial charge on any atom is -0.483 e. The molecule has 0 saturated carbocycles. The molecule has 0 fully saturated rings. The van der Waals surface area contributed by atoms with Gasteiger partial charge in [0.1, 0.15) is 5.75 Å². The van der Waals surface area contributed by atoms with E-state index in [9.17, 15) is 14.9 Å². The fraction of sp³-hybridized carbons (Fsp3) is 0.125. The van der Waals surface area contributed by atoms with E-state index >= 15 is 0 Å². The molecule has 1 amide bonds. The molecule has 0 bridgehead atoms. The molecule has 2 aromatic carbocycles. The Morgan fingerprint density at radius 3 is 2.62 bits per heavy atom. The van der Waals surface area contributed by atoms with Crippen LogP contribution in [0.25, 0.3) is 0 Å². The van der Waals surface area contributed by atoms with Crippen molar-refractivity contribution in [3.8, 4) is 5.75 Å². The second kappa shape index (κ2) is 8.21. The highest BCUT2D eigenvalue weighted by Gasteiger charge is 2.11. The third-order valence-electron chi connectivity index (χ3n) is 3.02. The first kappa shape index (κ1) is 17.6. The van der Waals surface area contributed by atoms with Gasteiger partial charge in [-0.1, -0.05) is 30.3 Å². The Balaban J connectivity index is 1.91. The maximum atomic E-state index is 11.8. The molecule has 2 aromatic rings. The summed E-state index contributed by atoms with van der Waals surface area (Å²) in [6.07, 6.45) is 0. The van der Waals surface area contributed by atoms with Crippen molar-refractivity contribution >= 4 is 33.2 Å². The number of carbonyl (C=O) groups is 1. The fourth-order valence-corrected chi connectivity index (χ4v) is 2.27. The summed E-state index contributed by atoms with van der Waals surface area (Å²) >= 11 is 3.17. The lowest BCUT2D eigenvalue weighted by molar-refractivity contribution is -0.384. The van der Waals surface area contributed by atoms with E-state index in [1.165, 1.54) is 18.2 Å². The highest BCUT2D eigenvalue weighted by molar-refractivity contribution is 9.10. The third kappa shape index (κ3) is 4.88. The number of amides is 1. The number of hydrogen-bond donors (Lipinski definition) is 1. The Morgan fingerprint density at radius 1 is 1.29 bits per heavy atom. The molecule has 0 radical (unpaired) electrons. The molecular formula is C16H14BrN3O4. The number of hydrazone groups is 1. The van der Waals surface area contributed by atoms with E-state index in [0.29, 0.717) is 15.9 Å². The van der Waals surface area contributed by atoms with Crippen LogP contribution in [0.1, 0.15) is 12.5 Å². The van der Waals surface area contributed by atoms with Crippen LogP contribution >= 0.6 is 15.9 Å². The number of nitrogens with one attached hydrogen (secondary N) is 1.